The molecule has 3 aromatic rings. The van der Waals surface area contributed by atoms with Crippen LogP contribution in [0.25, 0.3) is 11.0 Å². The summed E-state index contributed by atoms with van der Waals surface area (Å²) in [6, 6.07) is 9.82. The highest BCUT2D eigenvalue weighted by atomic mass is 32.2. The molecule has 8 nitrogen and oxygen atoms in total. The highest BCUT2D eigenvalue weighted by Crippen LogP contribution is 2.40. The van der Waals surface area contributed by atoms with Crippen LogP contribution < -0.4 is 16.6 Å². The van der Waals surface area contributed by atoms with Gasteiger partial charge >= 0.3 is 5.69 Å². The topological polar surface area (TPSA) is 110 Å². The van der Waals surface area contributed by atoms with Crippen molar-refractivity contribution in [1.29, 1.82) is 0 Å². The van der Waals surface area contributed by atoms with E-state index in [1.807, 2.05) is 37.3 Å². The van der Waals surface area contributed by atoms with Gasteiger partial charge < -0.3 is 5.32 Å². The smallest absolute Gasteiger partial charge is 0.330 e. The number of amides is 1. The number of nitrogens with zero attached hydrogens (tertiary/aromatic N) is 3. The van der Waals surface area contributed by atoms with Gasteiger partial charge in [-0.2, -0.15) is 0 Å². The van der Waals surface area contributed by atoms with Gasteiger partial charge in [-0.15, -0.1) is 11.8 Å². The van der Waals surface area contributed by atoms with Crippen molar-refractivity contribution in [3.63, 3.8) is 0 Å². The van der Waals surface area contributed by atoms with Gasteiger partial charge in [-0.25, -0.2) is 14.8 Å². The lowest BCUT2D eigenvalue weighted by Crippen LogP contribution is -2.31. The maximum atomic E-state index is 12.7. The summed E-state index contributed by atoms with van der Waals surface area (Å²) in [5.41, 5.74) is 0.612. The molecule has 9 heteroatoms. The van der Waals surface area contributed by atoms with Crippen LogP contribution >= 0.6 is 11.8 Å². The maximum Gasteiger partial charge on any atom is 0.330 e. The molecule has 5 rings (SSSR count). The monoisotopic (exact) mass is 451 g/mol. The first-order valence-electron chi connectivity index (χ1n) is 11.0. The third-order valence-corrected chi connectivity index (χ3v) is 6.85. The summed E-state index contributed by atoms with van der Waals surface area (Å²) in [7, 11) is 0. The second-order valence-electron chi connectivity index (χ2n) is 8.52. The summed E-state index contributed by atoms with van der Waals surface area (Å²) < 4.78 is 1.61. The molecule has 0 unspecified atom stereocenters. The average molecular weight is 452 g/mol. The maximum absolute atomic E-state index is 12.7. The van der Waals surface area contributed by atoms with E-state index in [-0.39, 0.29) is 23.9 Å². The summed E-state index contributed by atoms with van der Waals surface area (Å²) in [5.74, 6) is 1.40. The molecule has 1 aromatic carbocycles. The number of thioether (sulfide) groups is 1. The molecule has 2 aliphatic carbocycles. The van der Waals surface area contributed by atoms with Crippen molar-refractivity contribution in [2.24, 2.45) is 0 Å². The van der Waals surface area contributed by atoms with E-state index in [0.29, 0.717) is 34.1 Å². The normalized spacial score (nSPS) is 16.8. The fraction of sp³-hybridized carbons (Fsp3) is 0.435. The number of carbonyl (C=O) groups excluding carboxylic acids is 1. The van der Waals surface area contributed by atoms with E-state index in [2.05, 4.69) is 20.3 Å². The highest BCUT2D eigenvalue weighted by Gasteiger charge is 2.32. The minimum absolute atomic E-state index is 0.0570. The molecule has 2 aromatic heterocycles. The van der Waals surface area contributed by atoms with Gasteiger partial charge in [-0.05, 0) is 38.2 Å². The number of rotatable bonds is 8. The fourth-order valence-electron chi connectivity index (χ4n) is 3.81. The summed E-state index contributed by atoms with van der Waals surface area (Å²) >= 11 is 1.37. The van der Waals surface area contributed by atoms with Gasteiger partial charge in [0.15, 0.2) is 5.65 Å². The molecular formula is C23H25N5O3S. The SMILES string of the molecule is C[C@H](NC(=O)CCSc1nc(C2CC2)nc2c1c(=O)[nH]c(=O)n2C1CC1)c1ccccc1. The number of hydrogen-bond acceptors (Lipinski definition) is 6. The molecule has 2 N–H and O–H groups in total. The largest absolute Gasteiger partial charge is 0.350 e. The first-order valence-corrected chi connectivity index (χ1v) is 12.0. The van der Waals surface area contributed by atoms with Crippen LogP contribution in [0.5, 0.6) is 0 Å². The first-order chi connectivity index (χ1) is 15.5. The molecule has 2 fully saturated rings. The summed E-state index contributed by atoms with van der Waals surface area (Å²) in [6.07, 6.45) is 4.16. The van der Waals surface area contributed by atoms with Crippen LogP contribution in [-0.4, -0.2) is 31.2 Å². The quantitative estimate of drug-likeness (QED) is 0.402. The van der Waals surface area contributed by atoms with E-state index in [1.54, 1.807) is 4.57 Å². The van der Waals surface area contributed by atoms with Gasteiger partial charge in [0.05, 0.1) is 6.04 Å². The third kappa shape index (κ3) is 4.34. The Hall–Kier alpha value is -2.94. The van der Waals surface area contributed by atoms with E-state index in [0.717, 1.165) is 31.2 Å². The Morgan fingerprint density at radius 2 is 1.94 bits per heavy atom. The summed E-state index contributed by atoms with van der Waals surface area (Å²) in [5, 5.41) is 3.92. The molecule has 0 bridgehead atoms. The summed E-state index contributed by atoms with van der Waals surface area (Å²) in [4.78, 5) is 49.3. The molecule has 2 heterocycles. The van der Waals surface area contributed by atoms with Crippen LogP contribution in [0.1, 0.15) is 68.4 Å². The molecule has 2 aliphatic rings. The molecule has 0 spiro atoms. The number of carbonyl (C=O) groups is 1. The first kappa shape index (κ1) is 20.9. The lowest BCUT2D eigenvalue weighted by molar-refractivity contribution is -0.121. The molecular weight excluding hydrogens is 426 g/mol. The molecule has 32 heavy (non-hydrogen) atoms. The molecule has 2 saturated carbocycles. The highest BCUT2D eigenvalue weighted by molar-refractivity contribution is 7.99. The van der Waals surface area contributed by atoms with Crippen molar-refractivity contribution >= 4 is 28.7 Å². The number of nitrogens with one attached hydrogen (secondary N) is 2. The van der Waals surface area contributed by atoms with Gasteiger partial charge in [0.25, 0.3) is 5.56 Å². The van der Waals surface area contributed by atoms with Crippen LogP contribution in [0.3, 0.4) is 0 Å². The van der Waals surface area contributed by atoms with Crippen molar-refractivity contribution in [1.82, 2.24) is 24.8 Å². The number of aromatic amines is 1. The van der Waals surface area contributed by atoms with E-state index < -0.39 is 11.2 Å². The van der Waals surface area contributed by atoms with Gasteiger partial charge in [0.2, 0.25) is 5.91 Å². The summed E-state index contributed by atoms with van der Waals surface area (Å²) in [6.45, 7) is 1.96. The zero-order valence-electron chi connectivity index (χ0n) is 17.8. The van der Waals surface area contributed by atoms with Gasteiger partial charge in [-0.3, -0.25) is 19.1 Å². The predicted molar refractivity (Wildman–Crippen MR) is 123 cm³/mol. The lowest BCUT2D eigenvalue weighted by Gasteiger charge is -2.14. The third-order valence-electron chi connectivity index (χ3n) is 5.87. The Kier molecular flexibility index (Phi) is 5.58. The Morgan fingerprint density at radius 3 is 2.62 bits per heavy atom. The molecule has 1 amide bonds. The van der Waals surface area contributed by atoms with Gasteiger partial charge in [0, 0.05) is 24.1 Å². The number of hydrogen-bond donors (Lipinski definition) is 2. The van der Waals surface area contributed by atoms with E-state index in [9.17, 15) is 14.4 Å². The van der Waals surface area contributed by atoms with Crippen LogP contribution in [0.15, 0.2) is 44.9 Å². The number of benzene rings is 1. The number of fused-ring (bicyclic) bond motifs is 1. The molecule has 0 saturated heterocycles. The van der Waals surface area contributed by atoms with E-state index in [4.69, 9.17) is 0 Å². The Morgan fingerprint density at radius 1 is 1.19 bits per heavy atom. The number of aromatic nitrogens is 4. The van der Waals surface area contributed by atoms with Crippen LogP contribution in [0.4, 0.5) is 0 Å². The second kappa shape index (κ2) is 8.54. The van der Waals surface area contributed by atoms with Crippen molar-refractivity contribution < 1.29 is 4.79 Å². The van der Waals surface area contributed by atoms with Crippen molar-refractivity contribution in [2.45, 2.75) is 62.1 Å². The van der Waals surface area contributed by atoms with Gasteiger partial charge in [-0.1, -0.05) is 30.3 Å². The van der Waals surface area contributed by atoms with Crippen molar-refractivity contribution in [3.8, 4) is 0 Å². The minimum atomic E-state index is -0.464. The van der Waals surface area contributed by atoms with Crippen LogP contribution in [-0.2, 0) is 4.79 Å². The standard InChI is InChI=1S/C23H25N5O3S/c1-13(14-5-3-2-4-6-14)24-17(29)11-12-32-22-18-20(25-19(26-22)15-7-8-15)28(16-9-10-16)23(31)27-21(18)30/h2-6,13,15-16H,7-12H2,1H3,(H,24,29)(H,27,30,31)/t13-/m0/s1. The van der Waals surface area contributed by atoms with Gasteiger partial charge in [0.1, 0.15) is 16.2 Å². The predicted octanol–water partition coefficient (Wildman–Crippen LogP) is 3.05. The molecule has 1 atom stereocenters. The number of H-pyrrole nitrogens is 1. The molecule has 0 radical (unpaired) electrons. The molecule has 0 aliphatic heterocycles. The van der Waals surface area contributed by atoms with Crippen LogP contribution in [0.2, 0.25) is 0 Å². The Balaban J connectivity index is 1.36. The Labute approximate surface area is 188 Å². The lowest BCUT2D eigenvalue weighted by atomic mass is 10.1. The second-order valence-corrected chi connectivity index (χ2v) is 9.60. The zero-order chi connectivity index (χ0) is 22.2. The fourth-order valence-corrected chi connectivity index (χ4v) is 4.78. The van der Waals surface area contributed by atoms with Crippen molar-refractivity contribution in [2.75, 3.05) is 5.75 Å². The average Bonchev–Trinajstić information content (AvgIpc) is 3.67. The van der Waals surface area contributed by atoms with E-state index in [1.165, 1.54) is 11.8 Å². The van der Waals surface area contributed by atoms with E-state index >= 15 is 0 Å². The molecule has 166 valence electrons. The van der Waals surface area contributed by atoms with Crippen LogP contribution in [0, 0.1) is 0 Å². The van der Waals surface area contributed by atoms with Crippen molar-refractivity contribution in [3.05, 3.63) is 62.6 Å². The Bertz CT molecular complexity index is 1280. The minimum Gasteiger partial charge on any atom is -0.350 e. The zero-order valence-corrected chi connectivity index (χ0v) is 18.7.